The average molecular weight is 324 g/mol. The van der Waals surface area contributed by atoms with Gasteiger partial charge < -0.3 is 20.2 Å². The lowest BCUT2D eigenvalue weighted by Gasteiger charge is -2.34. The molecule has 22 heavy (non-hydrogen) atoms. The Kier molecular flexibility index (Phi) is 4.57. The van der Waals surface area contributed by atoms with Crippen LogP contribution < -0.4 is 10.2 Å². The molecule has 0 amide bonds. The summed E-state index contributed by atoms with van der Waals surface area (Å²) in [5.74, 6) is -1.03. The zero-order chi connectivity index (χ0) is 15.7. The van der Waals surface area contributed by atoms with Gasteiger partial charge in [-0.1, -0.05) is 17.7 Å². The number of carboxylic acid groups (broad SMARTS) is 1. The molecule has 2 aliphatic rings. The molecule has 2 N–H and O–H groups in total. The van der Waals surface area contributed by atoms with E-state index in [1.807, 2.05) is 6.07 Å². The van der Waals surface area contributed by atoms with Crippen molar-refractivity contribution in [2.75, 3.05) is 44.7 Å². The van der Waals surface area contributed by atoms with Crippen molar-refractivity contribution in [1.82, 2.24) is 10.2 Å². The van der Waals surface area contributed by atoms with E-state index in [-0.39, 0.29) is 12.0 Å². The van der Waals surface area contributed by atoms with Crippen LogP contribution in [0, 0.1) is 5.92 Å². The maximum atomic E-state index is 11.1. The molecule has 2 fully saturated rings. The van der Waals surface area contributed by atoms with Crippen molar-refractivity contribution in [2.45, 2.75) is 12.5 Å². The van der Waals surface area contributed by atoms with Crippen LogP contribution >= 0.6 is 11.6 Å². The van der Waals surface area contributed by atoms with E-state index in [1.54, 1.807) is 0 Å². The molecule has 0 saturated carbocycles. The van der Waals surface area contributed by atoms with Crippen LogP contribution in [0.2, 0.25) is 5.02 Å². The maximum Gasteiger partial charge on any atom is 0.307 e. The second-order valence-corrected chi connectivity index (χ2v) is 6.64. The number of hydrogen-bond acceptors (Lipinski definition) is 4. The Bertz CT molecular complexity index is 558. The van der Waals surface area contributed by atoms with E-state index in [0.717, 1.165) is 42.5 Å². The number of rotatable bonds is 3. The minimum atomic E-state index is -0.727. The van der Waals surface area contributed by atoms with Crippen LogP contribution in [0.1, 0.15) is 18.0 Å². The summed E-state index contributed by atoms with van der Waals surface area (Å²) in [5, 5.41) is 13.1. The zero-order valence-corrected chi connectivity index (χ0v) is 13.5. The first-order chi connectivity index (χ1) is 10.5. The van der Waals surface area contributed by atoms with E-state index in [4.69, 9.17) is 16.7 Å². The predicted octanol–water partition coefficient (Wildman–Crippen LogP) is 1.83. The van der Waals surface area contributed by atoms with E-state index in [9.17, 15) is 4.79 Å². The minimum Gasteiger partial charge on any atom is -0.481 e. The van der Waals surface area contributed by atoms with Gasteiger partial charge in [0.1, 0.15) is 0 Å². The normalized spacial score (nSPS) is 26.4. The number of likely N-dealkylation sites (N-methyl/N-ethyl adjacent to an activating group) is 1. The first kappa shape index (κ1) is 15.6. The van der Waals surface area contributed by atoms with E-state index in [0.29, 0.717) is 13.0 Å². The van der Waals surface area contributed by atoms with Crippen molar-refractivity contribution < 1.29 is 9.90 Å². The van der Waals surface area contributed by atoms with Crippen LogP contribution in [-0.2, 0) is 4.79 Å². The lowest BCUT2D eigenvalue weighted by molar-refractivity contribution is -0.141. The van der Waals surface area contributed by atoms with Crippen LogP contribution in [0.25, 0.3) is 0 Å². The molecule has 0 aliphatic carbocycles. The Morgan fingerprint density at radius 2 is 2.05 bits per heavy atom. The SMILES string of the molecule is CN1CCN(c2ccc(C3CC(C(=O)O)CN3)cc2Cl)CC1. The molecule has 2 saturated heterocycles. The number of halogens is 1. The van der Waals surface area contributed by atoms with Gasteiger partial charge in [-0.2, -0.15) is 0 Å². The van der Waals surface area contributed by atoms with E-state index in [2.05, 4.69) is 34.3 Å². The lowest BCUT2D eigenvalue weighted by atomic mass is 10.00. The predicted molar refractivity (Wildman–Crippen MR) is 87.6 cm³/mol. The molecular formula is C16H22ClN3O2. The summed E-state index contributed by atoms with van der Waals surface area (Å²) in [6.07, 6.45) is 0.625. The number of nitrogens with one attached hydrogen (secondary N) is 1. The van der Waals surface area contributed by atoms with E-state index < -0.39 is 5.97 Å². The zero-order valence-electron chi connectivity index (χ0n) is 12.8. The fourth-order valence-corrected chi connectivity index (χ4v) is 3.53. The minimum absolute atomic E-state index is 0.0835. The molecule has 5 nitrogen and oxygen atoms in total. The summed E-state index contributed by atoms with van der Waals surface area (Å²) in [4.78, 5) is 15.7. The smallest absolute Gasteiger partial charge is 0.307 e. The molecule has 6 heteroatoms. The topological polar surface area (TPSA) is 55.8 Å². The van der Waals surface area contributed by atoms with Gasteiger partial charge in [-0.05, 0) is 31.2 Å². The monoisotopic (exact) mass is 323 g/mol. The van der Waals surface area contributed by atoms with Crippen molar-refractivity contribution in [1.29, 1.82) is 0 Å². The second-order valence-electron chi connectivity index (χ2n) is 6.23. The van der Waals surface area contributed by atoms with E-state index >= 15 is 0 Å². The third-order valence-corrected chi connectivity index (χ3v) is 5.00. The van der Waals surface area contributed by atoms with Crippen molar-refractivity contribution in [3.05, 3.63) is 28.8 Å². The molecular weight excluding hydrogens is 302 g/mol. The molecule has 0 radical (unpaired) electrons. The molecule has 0 spiro atoms. The van der Waals surface area contributed by atoms with Crippen molar-refractivity contribution in [3.8, 4) is 0 Å². The molecule has 1 aromatic rings. The number of aliphatic carboxylic acids is 1. The molecule has 1 aromatic carbocycles. The maximum absolute atomic E-state index is 11.1. The first-order valence-corrected chi connectivity index (χ1v) is 8.11. The lowest BCUT2D eigenvalue weighted by Crippen LogP contribution is -2.44. The Morgan fingerprint density at radius 3 is 2.64 bits per heavy atom. The van der Waals surface area contributed by atoms with Gasteiger partial charge in [0.25, 0.3) is 0 Å². The number of carboxylic acids is 1. The molecule has 2 atom stereocenters. The Hall–Kier alpha value is -1.30. The quantitative estimate of drug-likeness (QED) is 0.889. The first-order valence-electron chi connectivity index (χ1n) is 7.73. The average Bonchev–Trinajstić information content (AvgIpc) is 2.98. The van der Waals surface area contributed by atoms with Crippen LogP contribution in [0.5, 0.6) is 0 Å². The summed E-state index contributed by atoms with van der Waals surface area (Å²) >= 11 is 6.48. The number of hydrogen-bond donors (Lipinski definition) is 2. The number of nitrogens with zero attached hydrogens (tertiary/aromatic N) is 2. The molecule has 2 aliphatic heterocycles. The van der Waals surface area contributed by atoms with Gasteiger partial charge in [0.15, 0.2) is 0 Å². The van der Waals surface area contributed by atoms with Gasteiger partial charge in [-0.15, -0.1) is 0 Å². The molecule has 2 heterocycles. The molecule has 3 rings (SSSR count). The van der Waals surface area contributed by atoms with Crippen LogP contribution in [0.4, 0.5) is 5.69 Å². The Labute approximate surface area is 135 Å². The highest BCUT2D eigenvalue weighted by atomic mass is 35.5. The van der Waals surface area contributed by atoms with Gasteiger partial charge in [-0.25, -0.2) is 0 Å². The highest BCUT2D eigenvalue weighted by Crippen LogP contribution is 2.33. The van der Waals surface area contributed by atoms with Crippen LogP contribution in [0.15, 0.2) is 18.2 Å². The van der Waals surface area contributed by atoms with Gasteiger partial charge >= 0.3 is 5.97 Å². The van der Waals surface area contributed by atoms with Crippen molar-refractivity contribution in [3.63, 3.8) is 0 Å². The van der Waals surface area contributed by atoms with Crippen LogP contribution in [0.3, 0.4) is 0 Å². The highest BCUT2D eigenvalue weighted by molar-refractivity contribution is 6.33. The molecule has 0 bridgehead atoms. The third kappa shape index (κ3) is 3.21. The molecule has 2 unspecified atom stereocenters. The van der Waals surface area contributed by atoms with E-state index in [1.165, 1.54) is 0 Å². The largest absolute Gasteiger partial charge is 0.481 e. The third-order valence-electron chi connectivity index (χ3n) is 4.70. The van der Waals surface area contributed by atoms with Gasteiger partial charge in [-0.3, -0.25) is 4.79 Å². The fourth-order valence-electron chi connectivity index (χ4n) is 3.22. The number of piperazine rings is 1. The Balaban J connectivity index is 1.71. The number of benzene rings is 1. The number of carbonyl (C=O) groups is 1. The van der Waals surface area contributed by atoms with Gasteiger partial charge in [0.2, 0.25) is 0 Å². The summed E-state index contributed by atoms with van der Waals surface area (Å²) in [5.41, 5.74) is 2.15. The highest BCUT2D eigenvalue weighted by Gasteiger charge is 2.30. The Morgan fingerprint density at radius 1 is 1.32 bits per heavy atom. The summed E-state index contributed by atoms with van der Waals surface area (Å²) in [6, 6.07) is 6.21. The van der Waals surface area contributed by atoms with Crippen LogP contribution in [-0.4, -0.2) is 55.7 Å². The standard InChI is InChI=1S/C16H22ClN3O2/c1-19-4-6-20(7-5-19)15-3-2-11(8-13(15)17)14-9-12(10-18-14)16(21)22/h2-3,8,12,14,18H,4-7,9-10H2,1H3,(H,21,22). The number of anilines is 1. The summed E-state index contributed by atoms with van der Waals surface area (Å²) < 4.78 is 0. The van der Waals surface area contributed by atoms with Crippen molar-refractivity contribution in [2.24, 2.45) is 5.92 Å². The molecule has 0 aromatic heterocycles. The second kappa shape index (κ2) is 6.44. The summed E-state index contributed by atoms with van der Waals surface area (Å²) in [7, 11) is 2.13. The summed E-state index contributed by atoms with van der Waals surface area (Å²) in [6.45, 7) is 4.58. The van der Waals surface area contributed by atoms with Gasteiger partial charge in [0, 0.05) is 38.8 Å². The molecule has 120 valence electrons. The van der Waals surface area contributed by atoms with Crippen molar-refractivity contribution >= 4 is 23.3 Å². The van der Waals surface area contributed by atoms with Gasteiger partial charge in [0.05, 0.1) is 16.6 Å². The fraction of sp³-hybridized carbons (Fsp3) is 0.562.